The Morgan fingerprint density at radius 3 is 2.44 bits per heavy atom. The third-order valence-corrected chi connectivity index (χ3v) is 3.81. The van der Waals surface area contributed by atoms with Crippen LogP contribution in [0.5, 0.6) is 0 Å². The summed E-state index contributed by atoms with van der Waals surface area (Å²) in [6.07, 6.45) is 3.06. The average molecular weight is 339 g/mol. The maximum Gasteiger partial charge on any atom is 0.318 e. The molecule has 0 bridgehead atoms. The third kappa shape index (κ3) is 3.28. The molecule has 0 spiro atoms. The van der Waals surface area contributed by atoms with E-state index in [1.165, 1.54) is 21.1 Å². The summed E-state index contributed by atoms with van der Waals surface area (Å²) in [5.41, 5.74) is 1.86. The van der Waals surface area contributed by atoms with Gasteiger partial charge in [0, 0.05) is 14.1 Å². The van der Waals surface area contributed by atoms with Crippen molar-refractivity contribution in [2.45, 2.75) is 26.2 Å². The number of hydrogen-bond acceptors (Lipinski definition) is 6. The summed E-state index contributed by atoms with van der Waals surface area (Å²) in [5.74, 6) is 0.519. The number of hydrogen-bond donors (Lipinski definition) is 0. The summed E-state index contributed by atoms with van der Waals surface area (Å²) in [6.45, 7) is 6.49. The molecular formula is C17H21N7O. The van der Waals surface area contributed by atoms with Gasteiger partial charge in [-0.15, -0.1) is 15.3 Å². The fourth-order valence-electron chi connectivity index (χ4n) is 2.34. The molecule has 0 N–H and O–H groups in total. The Labute approximate surface area is 145 Å². The highest BCUT2D eigenvalue weighted by atomic mass is 16.1. The van der Waals surface area contributed by atoms with Crippen molar-refractivity contribution < 1.29 is 0 Å². The van der Waals surface area contributed by atoms with Gasteiger partial charge in [0.25, 0.3) is 5.78 Å². The molecule has 0 saturated heterocycles. The van der Waals surface area contributed by atoms with Crippen molar-refractivity contribution in [1.29, 1.82) is 0 Å². The molecule has 0 amide bonds. The Kier molecular flexibility index (Phi) is 4.12. The van der Waals surface area contributed by atoms with Crippen molar-refractivity contribution in [3.05, 3.63) is 52.1 Å². The van der Waals surface area contributed by atoms with E-state index in [1.54, 1.807) is 25.2 Å². The molecule has 0 atom stereocenters. The summed E-state index contributed by atoms with van der Waals surface area (Å²) >= 11 is 0. The highest BCUT2D eigenvalue weighted by Gasteiger charge is 2.14. The molecule has 25 heavy (non-hydrogen) atoms. The van der Waals surface area contributed by atoms with E-state index in [-0.39, 0.29) is 22.6 Å². The summed E-state index contributed by atoms with van der Waals surface area (Å²) in [7, 11) is 3.50. The summed E-state index contributed by atoms with van der Waals surface area (Å²) in [4.78, 5) is 14.2. The van der Waals surface area contributed by atoms with Gasteiger partial charge in [-0.1, -0.05) is 45.0 Å². The van der Waals surface area contributed by atoms with Crippen molar-refractivity contribution in [1.82, 2.24) is 24.5 Å². The molecule has 3 aromatic rings. The number of aromatic nitrogens is 5. The zero-order chi connectivity index (χ0) is 18.2. The SMILES string of the molecule is CN(C)c1nn2cnnc2n(/N=C/c2ccc(C(C)(C)C)cc2)c1=O. The first-order chi connectivity index (χ1) is 11.8. The predicted molar refractivity (Wildman–Crippen MR) is 97.5 cm³/mol. The van der Waals surface area contributed by atoms with Crippen LogP contribution in [0.3, 0.4) is 0 Å². The fourth-order valence-corrected chi connectivity index (χ4v) is 2.34. The van der Waals surface area contributed by atoms with Gasteiger partial charge in [0.15, 0.2) is 0 Å². The molecule has 2 heterocycles. The van der Waals surface area contributed by atoms with Crippen LogP contribution in [-0.4, -0.2) is 44.8 Å². The maximum absolute atomic E-state index is 12.6. The molecule has 0 aliphatic rings. The molecule has 0 unspecified atom stereocenters. The third-order valence-electron chi connectivity index (χ3n) is 3.81. The van der Waals surface area contributed by atoms with Gasteiger partial charge in [-0.2, -0.15) is 14.3 Å². The van der Waals surface area contributed by atoms with Crippen LogP contribution in [0.25, 0.3) is 5.78 Å². The maximum atomic E-state index is 12.6. The van der Waals surface area contributed by atoms with E-state index in [2.05, 4.69) is 53.3 Å². The first kappa shape index (κ1) is 16.8. The zero-order valence-electron chi connectivity index (χ0n) is 15.0. The second kappa shape index (κ2) is 6.12. The van der Waals surface area contributed by atoms with E-state index >= 15 is 0 Å². The van der Waals surface area contributed by atoms with Gasteiger partial charge in [0.1, 0.15) is 6.33 Å². The molecule has 3 rings (SSSR count). The van der Waals surface area contributed by atoms with E-state index in [4.69, 9.17) is 0 Å². The monoisotopic (exact) mass is 339 g/mol. The average Bonchev–Trinajstić information content (AvgIpc) is 3.01. The Bertz CT molecular complexity index is 975. The molecule has 1 aromatic carbocycles. The second-order valence-electron chi connectivity index (χ2n) is 7.03. The van der Waals surface area contributed by atoms with Gasteiger partial charge in [-0.05, 0) is 16.5 Å². The van der Waals surface area contributed by atoms with Crippen LogP contribution in [0.4, 0.5) is 5.82 Å². The Morgan fingerprint density at radius 2 is 1.84 bits per heavy atom. The van der Waals surface area contributed by atoms with Crippen LogP contribution >= 0.6 is 0 Å². The Morgan fingerprint density at radius 1 is 1.16 bits per heavy atom. The number of anilines is 1. The number of rotatable bonds is 3. The normalized spacial score (nSPS) is 12.2. The minimum atomic E-state index is -0.354. The standard InChI is InChI=1S/C17H21N7O/c1-17(2,3)13-8-6-12(7-9-13)10-19-24-15(25)14(22(4)5)21-23-11-18-20-16(23)24/h6-11H,1-5H3/b19-10+. The van der Waals surface area contributed by atoms with Crippen LogP contribution in [0, 0.1) is 0 Å². The van der Waals surface area contributed by atoms with Crippen molar-refractivity contribution in [3.63, 3.8) is 0 Å². The molecule has 0 aliphatic carbocycles. The van der Waals surface area contributed by atoms with Gasteiger partial charge in [0.2, 0.25) is 5.82 Å². The lowest BCUT2D eigenvalue weighted by Gasteiger charge is -2.18. The van der Waals surface area contributed by atoms with Crippen molar-refractivity contribution in [2.75, 3.05) is 19.0 Å². The molecule has 130 valence electrons. The molecule has 0 aliphatic heterocycles. The topological polar surface area (TPSA) is 80.7 Å². The molecular weight excluding hydrogens is 318 g/mol. The van der Waals surface area contributed by atoms with Crippen molar-refractivity contribution in [2.24, 2.45) is 5.10 Å². The highest BCUT2D eigenvalue weighted by Crippen LogP contribution is 2.21. The molecule has 8 nitrogen and oxygen atoms in total. The lowest BCUT2D eigenvalue weighted by Crippen LogP contribution is -2.29. The van der Waals surface area contributed by atoms with E-state index in [9.17, 15) is 4.79 Å². The summed E-state index contributed by atoms with van der Waals surface area (Å²) in [5, 5.41) is 16.2. The minimum absolute atomic E-state index is 0.0893. The number of fused-ring (bicyclic) bond motifs is 1. The van der Waals surface area contributed by atoms with Gasteiger partial charge in [-0.3, -0.25) is 4.79 Å². The Balaban J connectivity index is 2.03. The molecule has 8 heteroatoms. The molecule has 2 aromatic heterocycles. The Hall–Kier alpha value is -3.03. The van der Waals surface area contributed by atoms with Crippen LogP contribution in [0.15, 0.2) is 40.5 Å². The fraction of sp³-hybridized carbons (Fsp3) is 0.353. The number of benzene rings is 1. The van der Waals surface area contributed by atoms with E-state index < -0.39 is 0 Å². The lowest BCUT2D eigenvalue weighted by atomic mass is 9.87. The van der Waals surface area contributed by atoms with E-state index in [0.29, 0.717) is 0 Å². The van der Waals surface area contributed by atoms with Crippen LogP contribution in [-0.2, 0) is 5.41 Å². The summed E-state index contributed by atoms with van der Waals surface area (Å²) < 4.78 is 2.63. The van der Waals surface area contributed by atoms with Gasteiger partial charge < -0.3 is 4.90 Å². The first-order valence-corrected chi connectivity index (χ1v) is 7.92. The van der Waals surface area contributed by atoms with Gasteiger partial charge in [0.05, 0.1) is 6.21 Å². The lowest BCUT2D eigenvalue weighted by molar-refractivity contribution is 0.590. The molecule has 0 saturated carbocycles. The van der Waals surface area contributed by atoms with Crippen LogP contribution in [0.2, 0.25) is 0 Å². The smallest absolute Gasteiger partial charge is 0.318 e. The van der Waals surface area contributed by atoms with Crippen molar-refractivity contribution in [3.8, 4) is 0 Å². The number of nitrogens with zero attached hydrogens (tertiary/aromatic N) is 7. The van der Waals surface area contributed by atoms with Crippen molar-refractivity contribution >= 4 is 17.8 Å². The van der Waals surface area contributed by atoms with Gasteiger partial charge in [-0.25, -0.2) is 0 Å². The van der Waals surface area contributed by atoms with E-state index in [1.807, 2.05) is 12.1 Å². The van der Waals surface area contributed by atoms with Crippen LogP contribution < -0.4 is 10.5 Å². The highest BCUT2D eigenvalue weighted by molar-refractivity contribution is 5.79. The minimum Gasteiger partial charge on any atom is -0.357 e. The molecule has 0 radical (unpaired) electrons. The molecule has 0 fully saturated rings. The zero-order valence-corrected chi connectivity index (χ0v) is 15.0. The second-order valence-corrected chi connectivity index (χ2v) is 7.03. The predicted octanol–water partition coefficient (Wildman–Crippen LogP) is 1.53. The van der Waals surface area contributed by atoms with E-state index in [0.717, 1.165) is 5.56 Å². The van der Waals surface area contributed by atoms with Gasteiger partial charge >= 0.3 is 5.56 Å². The largest absolute Gasteiger partial charge is 0.357 e. The quantitative estimate of drug-likeness (QED) is 0.676. The van der Waals surface area contributed by atoms with Crippen LogP contribution in [0.1, 0.15) is 31.9 Å². The first-order valence-electron chi connectivity index (χ1n) is 7.92. The summed E-state index contributed by atoms with van der Waals surface area (Å²) in [6, 6.07) is 8.08.